The maximum atomic E-state index is 13.0. The fourth-order valence-electron chi connectivity index (χ4n) is 3.78. The number of aromatic nitrogens is 1. The van der Waals surface area contributed by atoms with Crippen molar-refractivity contribution in [2.45, 2.75) is 64.3 Å². The first kappa shape index (κ1) is 27.6. The van der Waals surface area contributed by atoms with Gasteiger partial charge >= 0.3 is 18.2 Å². The van der Waals surface area contributed by atoms with Crippen molar-refractivity contribution < 1.29 is 32.2 Å². The van der Waals surface area contributed by atoms with Crippen molar-refractivity contribution in [2.75, 3.05) is 11.9 Å². The molecule has 0 unspecified atom stereocenters. The van der Waals surface area contributed by atoms with Gasteiger partial charge in [-0.3, -0.25) is 0 Å². The average Bonchev–Trinajstić information content (AvgIpc) is 2.78. The number of hydrogen-bond donors (Lipinski definition) is 2. The quantitative estimate of drug-likeness (QED) is 0.420. The number of rotatable bonds is 6. The summed E-state index contributed by atoms with van der Waals surface area (Å²) in [6.07, 6.45) is -0.0713. The molecule has 2 aromatic rings. The number of alkyl halides is 3. The largest absolute Gasteiger partial charge is 0.492 e. The van der Waals surface area contributed by atoms with Crippen molar-refractivity contribution in [2.24, 2.45) is 5.92 Å². The summed E-state index contributed by atoms with van der Waals surface area (Å²) in [6, 6.07) is 5.80. The van der Waals surface area contributed by atoms with Crippen LogP contribution in [-0.4, -0.2) is 35.2 Å². The van der Waals surface area contributed by atoms with E-state index in [1.165, 1.54) is 12.3 Å². The average molecular weight is 528 g/mol. The Balaban J connectivity index is 1.41. The van der Waals surface area contributed by atoms with Gasteiger partial charge in [0.1, 0.15) is 17.0 Å². The van der Waals surface area contributed by atoms with Gasteiger partial charge in [0.2, 0.25) is 0 Å². The number of anilines is 1. The molecule has 1 saturated carbocycles. The number of halogens is 4. The zero-order chi connectivity index (χ0) is 26.5. The molecule has 2 N–H and O–H groups in total. The van der Waals surface area contributed by atoms with Crippen LogP contribution in [-0.2, 0) is 10.9 Å². The smallest absolute Gasteiger partial charge is 0.417 e. The maximum absolute atomic E-state index is 13.0. The van der Waals surface area contributed by atoms with Crippen LogP contribution in [0.5, 0.6) is 5.75 Å². The highest BCUT2D eigenvalue weighted by Gasteiger charge is 2.33. The lowest BCUT2D eigenvalue weighted by Gasteiger charge is -2.29. The Hall–Kier alpha value is -3.01. The number of carbonyl (C=O) groups excluding carboxylic acids is 2. The molecule has 0 aliphatic heterocycles. The monoisotopic (exact) mass is 527 g/mol. The number of pyridine rings is 1. The molecule has 1 aliphatic rings. The summed E-state index contributed by atoms with van der Waals surface area (Å²) in [6.45, 7) is 5.82. The first-order chi connectivity index (χ1) is 16.8. The molecule has 1 fully saturated rings. The van der Waals surface area contributed by atoms with E-state index >= 15 is 0 Å². The van der Waals surface area contributed by atoms with Crippen molar-refractivity contribution in [1.82, 2.24) is 10.3 Å². The SMILES string of the molecule is CC(C)(C)OC(=O)c1ccc(OCC2CCC(NC(=O)Nc3ccc(Cl)c(C(F)(F)F)c3)CC2)cn1. The Morgan fingerprint density at radius 2 is 1.78 bits per heavy atom. The lowest BCUT2D eigenvalue weighted by molar-refractivity contribution is -0.137. The van der Waals surface area contributed by atoms with E-state index in [0.29, 0.717) is 25.2 Å². The lowest BCUT2D eigenvalue weighted by Crippen LogP contribution is -2.40. The first-order valence-electron chi connectivity index (χ1n) is 11.6. The molecule has 1 heterocycles. The highest BCUT2D eigenvalue weighted by atomic mass is 35.5. The molecular weight excluding hydrogens is 499 g/mol. The Bertz CT molecular complexity index is 1060. The van der Waals surface area contributed by atoms with Gasteiger partial charge in [-0.2, -0.15) is 13.2 Å². The molecule has 196 valence electrons. The van der Waals surface area contributed by atoms with Gasteiger partial charge in [-0.1, -0.05) is 11.6 Å². The van der Waals surface area contributed by atoms with Gasteiger partial charge in [-0.25, -0.2) is 14.6 Å². The number of nitrogens with one attached hydrogen (secondary N) is 2. The Labute approximate surface area is 212 Å². The highest BCUT2D eigenvalue weighted by Crippen LogP contribution is 2.36. The van der Waals surface area contributed by atoms with E-state index in [1.807, 2.05) is 0 Å². The van der Waals surface area contributed by atoms with Crippen molar-refractivity contribution >= 4 is 29.3 Å². The summed E-state index contributed by atoms with van der Waals surface area (Å²) in [5, 5.41) is 4.82. The van der Waals surface area contributed by atoms with Gasteiger partial charge < -0.3 is 20.1 Å². The van der Waals surface area contributed by atoms with Crippen LogP contribution < -0.4 is 15.4 Å². The Morgan fingerprint density at radius 3 is 2.36 bits per heavy atom. The minimum absolute atomic E-state index is 0.0117. The summed E-state index contributed by atoms with van der Waals surface area (Å²) >= 11 is 5.61. The predicted molar refractivity (Wildman–Crippen MR) is 129 cm³/mol. The van der Waals surface area contributed by atoms with Crippen LogP contribution in [0.3, 0.4) is 0 Å². The van der Waals surface area contributed by atoms with E-state index in [4.69, 9.17) is 21.1 Å². The molecule has 1 aliphatic carbocycles. The Morgan fingerprint density at radius 1 is 1.08 bits per heavy atom. The van der Waals surface area contributed by atoms with Crippen LogP contribution in [0.15, 0.2) is 36.5 Å². The second-order valence-electron chi connectivity index (χ2n) is 9.70. The van der Waals surface area contributed by atoms with Crippen LogP contribution in [0.4, 0.5) is 23.7 Å². The number of amides is 2. The van der Waals surface area contributed by atoms with Crippen molar-refractivity contribution in [3.8, 4) is 5.75 Å². The van der Waals surface area contributed by atoms with Gasteiger partial charge in [-0.15, -0.1) is 0 Å². The van der Waals surface area contributed by atoms with E-state index < -0.39 is 34.4 Å². The normalized spacial score (nSPS) is 18.3. The molecule has 36 heavy (non-hydrogen) atoms. The molecule has 7 nitrogen and oxygen atoms in total. The van der Waals surface area contributed by atoms with E-state index in [9.17, 15) is 22.8 Å². The molecule has 0 saturated heterocycles. The molecule has 0 atom stereocenters. The second-order valence-corrected chi connectivity index (χ2v) is 10.1. The molecule has 0 spiro atoms. The third-order valence-electron chi connectivity index (χ3n) is 5.54. The third kappa shape index (κ3) is 8.29. The molecule has 2 amide bonds. The topological polar surface area (TPSA) is 89.5 Å². The zero-order valence-electron chi connectivity index (χ0n) is 20.2. The number of ether oxygens (including phenoxy) is 2. The summed E-state index contributed by atoms with van der Waals surface area (Å²) in [7, 11) is 0. The van der Waals surface area contributed by atoms with E-state index in [2.05, 4.69) is 15.6 Å². The molecule has 1 aromatic heterocycles. The number of carbonyl (C=O) groups is 2. The van der Waals surface area contributed by atoms with Crippen molar-refractivity contribution in [3.05, 3.63) is 52.8 Å². The highest BCUT2D eigenvalue weighted by molar-refractivity contribution is 6.31. The lowest BCUT2D eigenvalue weighted by atomic mass is 9.86. The van der Waals surface area contributed by atoms with Gasteiger partial charge in [0.05, 0.1) is 23.4 Å². The van der Waals surface area contributed by atoms with E-state index in [1.54, 1.807) is 32.9 Å². The second kappa shape index (κ2) is 11.4. The number of benzene rings is 1. The fraction of sp³-hybridized carbons (Fsp3) is 0.480. The number of hydrogen-bond acceptors (Lipinski definition) is 5. The number of urea groups is 1. The first-order valence-corrected chi connectivity index (χ1v) is 11.9. The van der Waals surface area contributed by atoms with Crippen LogP contribution >= 0.6 is 11.6 Å². The minimum Gasteiger partial charge on any atom is -0.492 e. The maximum Gasteiger partial charge on any atom is 0.417 e. The molecule has 0 radical (unpaired) electrons. The van der Waals surface area contributed by atoms with Crippen molar-refractivity contribution in [3.63, 3.8) is 0 Å². The van der Waals surface area contributed by atoms with Gasteiger partial charge in [-0.05, 0) is 82.7 Å². The van der Waals surface area contributed by atoms with Crippen LogP contribution in [0.1, 0.15) is 62.5 Å². The summed E-state index contributed by atoms with van der Waals surface area (Å²) in [5.41, 5.74) is -1.39. The van der Waals surface area contributed by atoms with E-state index in [0.717, 1.165) is 25.0 Å². The Kier molecular flexibility index (Phi) is 8.71. The van der Waals surface area contributed by atoms with Crippen LogP contribution in [0, 0.1) is 5.92 Å². The van der Waals surface area contributed by atoms with Crippen LogP contribution in [0.25, 0.3) is 0 Å². The minimum atomic E-state index is -4.61. The zero-order valence-corrected chi connectivity index (χ0v) is 21.0. The molecule has 11 heteroatoms. The molecule has 0 bridgehead atoms. The van der Waals surface area contributed by atoms with Crippen molar-refractivity contribution in [1.29, 1.82) is 0 Å². The fourth-order valence-corrected chi connectivity index (χ4v) is 4.00. The van der Waals surface area contributed by atoms with Crippen LogP contribution in [0.2, 0.25) is 5.02 Å². The molecular formula is C25H29ClF3N3O4. The molecule has 3 rings (SSSR count). The standard InChI is InChI=1S/C25H29ClF3N3O4/c1-24(2,3)36-22(33)21-11-9-18(13-30-21)35-14-15-4-6-16(7-5-15)31-23(34)32-17-8-10-20(26)19(12-17)25(27,28)29/h8-13,15-16H,4-7,14H2,1-3H3,(H2,31,32,34). The van der Waals surface area contributed by atoms with Gasteiger partial charge in [0.25, 0.3) is 0 Å². The van der Waals surface area contributed by atoms with E-state index in [-0.39, 0.29) is 23.3 Å². The van der Waals surface area contributed by atoms with Gasteiger partial charge in [0.15, 0.2) is 0 Å². The summed E-state index contributed by atoms with van der Waals surface area (Å²) < 4.78 is 50.1. The predicted octanol–water partition coefficient (Wildman–Crippen LogP) is 6.47. The summed E-state index contributed by atoms with van der Waals surface area (Å²) in [4.78, 5) is 28.4. The third-order valence-corrected chi connectivity index (χ3v) is 5.87. The number of esters is 1. The molecule has 1 aromatic carbocycles. The van der Waals surface area contributed by atoms with Gasteiger partial charge in [0, 0.05) is 11.7 Å². The summed E-state index contributed by atoms with van der Waals surface area (Å²) in [5.74, 6) is 0.325. The number of nitrogens with zero attached hydrogens (tertiary/aromatic N) is 1.